The number of carbonyl (C=O) groups is 1. The molecule has 0 fully saturated rings. The standard InChI is InChI=1S/C21H18ClN3O4S/c1-2-25-19(14-4-6-15(22)7-5-14)23-24-21(25)30-18(20(26)27)12-13-3-8-16-17(11-13)29-10-9-28-16/h3-8,11-12H,2,9-10H2,1H3,(H,26,27)/b18-12-. The number of nitrogens with zero attached hydrogens (tertiary/aromatic N) is 3. The number of fused-ring (bicyclic) bond motifs is 1. The number of ether oxygens (including phenoxy) is 2. The molecule has 2 aromatic carbocycles. The lowest BCUT2D eigenvalue weighted by Gasteiger charge is -2.18. The van der Waals surface area contributed by atoms with E-state index in [-0.39, 0.29) is 4.91 Å². The summed E-state index contributed by atoms with van der Waals surface area (Å²) in [4.78, 5) is 12.0. The molecule has 4 rings (SSSR count). The second-order valence-electron chi connectivity index (χ2n) is 6.38. The first-order chi connectivity index (χ1) is 14.5. The van der Waals surface area contributed by atoms with Crippen LogP contribution in [0.1, 0.15) is 12.5 Å². The van der Waals surface area contributed by atoms with E-state index in [4.69, 9.17) is 21.1 Å². The van der Waals surface area contributed by atoms with Crippen molar-refractivity contribution in [3.63, 3.8) is 0 Å². The van der Waals surface area contributed by atoms with Crippen molar-refractivity contribution in [1.82, 2.24) is 14.8 Å². The Labute approximate surface area is 182 Å². The first kappa shape index (κ1) is 20.3. The van der Waals surface area contributed by atoms with Crippen LogP contribution in [0.15, 0.2) is 52.5 Å². The van der Waals surface area contributed by atoms with Gasteiger partial charge >= 0.3 is 5.97 Å². The summed E-state index contributed by atoms with van der Waals surface area (Å²) >= 11 is 7.02. The summed E-state index contributed by atoms with van der Waals surface area (Å²) in [5.74, 6) is 0.863. The molecule has 1 N–H and O–H groups in total. The quantitative estimate of drug-likeness (QED) is 0.439. The Hall–Kier alpha value is -2.97. The average Bonchev–Trinajstić information content (AvgIpc) is 3.16. The third kappa shape index (κ3) is 4.29. The summed E-state index contributed by atoms with van der Waals surface area (Å²) in [5.41, 5.74) is 1.55. The number of benzene rings is 2. The Kier molecular flexibility index (Phi) is 5.96. The smallest absolute Gasteiger partial charge is 0.342 e. The van der Waals surface area contributed by atoms with Gasteiger partial charge in [-0.2, -0.15) is 0 Å². The number of carboxylic acid groups (broad SMARTS) is 1. The number of rotatable bonds is 6. The van der Waals surface area contributed by atoms with Crippen LogP contribution in [-0.4, -0.2) is 39.1 Å². The largest absolute Gasteiger partial charge is 0.486 e. The van der Waals surface area contributed by atoms with Crippen LogP contribution < -0.4 is 9.47 Å². The van der Waals surface area contributed by atoms with Gasteiger partial charge < -0.3 is 19.1 Å². The summed E-state index contributed by atoms with van der Waals surface area (Å²) < 4.78 is 13.0. The Balaban J connectivity index is 1.65. The highest BCUT2D eigenvalue weighted by Gasteiger charge is 2.19. The SMILES string of the molecule is CCn1c(S/C(=C\c2ccc3c(c2)OCCO3)C(=O)O)nnc1-c1ccc(Cl)cc1. The first-order valence-corrected chi connectivity index (χ1v) is 10.5. The van der Waals surface area contributed by atoms with Gasteiger partial charge in [-0.1, -0.05) is 17.7 Å². The van der Waals surface area contributed by atoms with Crippen molar-refractivity contribution in [2.24, 2.45) is 0 Å². The van der Waals surface area contributed by atoms with Crippen LogP contribution in [0.2, 0.25) is 5.02 Å². The zero-order valence-electron chi connectivity index (χ0n) is 16.0. The van der Waals surface area contributed by atoms with Crippen molar-refractivity contribution in [3.05, 3.63) is 58.0 Å². The van der Waals surface area contributed by atoms with Gasteiger partial charge in [0.2, 0.25) is 0 Å². The monoisotopic (exact) mass is 443 g/mol. The van der Waals surface area contributed by atoms with E-state index in [2.05, 4.69) is 10.2 Å². The molecular weight excluding hydrogens is 426 g/mol. The maximum atomic E-state index is 11.9. The van der Waals surface area contributed by atoms with Crippen LogP contribution in [0.4, 0.5) is 0 Å². The zero-order valence-corrected chi connectivity index (χ0v) is 17.6. The molecule has 30 heavy (non-hydrogen) atoms. The molecule has 3 aromatic rings. The molecule has 0 spiro atoms. The van der Waals surface area contributed by atoms with Crippen LogP contribution in [-0.2, 0) is 11.3 Å². The molecule has 0 bridgehead atoms. The van der Waals surface area contributed by atoms with E-state index in [9.17, 15) is 9.90 Å². The van der Waals surface area contributed by atoms with Gasteiger partial charge in [-0.25, -0.2) is 4.79 Å². The zero-order chi connectivity index (χ0) is 21.1. The lowest BCUT2D eigenvalue weighted by molar-refractivity contribution is -0.131. The van der Waals surface area contributed by atoms with Crippen LogP contribution in [0.3, 0.4) is 0 Å². The van der Waals surface area contributed by atoms with E-state index in [0.717, 1.165) is 17.3 Å². The fourth-order valence-corrected chi connectivity index (χ4v) is 4.01. The molecule has 1 aliphatic rings. The fourth-order valence-electron chi connectivity index (χ4n) is 3.00. The Morgan fingerprint density at radius 3 is 2.60 bits per heavy atom. The average molecular weight is 444 g/mol. The lowest BCUT2D eigenvalue weighted by Crippen LogP contribution is -2.15. The van der Waals surface area contributed by atoms with E-state index >= 15 is 0 Å². The predicted octanol–water partition coefficient (Wildman–Crippen LogP) is 4.61. The van der Waals surface area contributed by atoms with Gasteiger partial charge in [0, 0.05) is 17.1 Å². The fraction of sp³-hybridized carbons (Fsp3) is 0.190. The number of carboxylic acids is 1. The van der Waals surface area contributed by atoms with Crippen LogP contribution in [0.5, 0.6) is 11.5 Å². The molecule has 0 aliphatic carbocycles. The second kappa shape index (κ2) is 8.81. The van der Waals surface area contributed by atoms with Gasteiger partial charge in [0.25, 0.3) is 0 Å². The molecule has 1 aliphatic heterocycles. The molecule has 7 nitrogen and oxygen atoms in total. The summed E-state index contributed by atoms with van der Waals surface area (Å²) in [5, 5.41) is 19.3. The van der Waals surface area contributed by atoms with Gasteiger partial charge in [0.1, 0.15) is 18.1 Å². The van der Waals surface area contributed by atoms with Crippen molar-refractivity contribution in [3.8, 4) is 22.9 Å². The number of thioether (sulfide) groups is 1. The highest BCUT2D eigenvalue weighted by Crippen LogP contribution is 2.34. The van der Waals surface area contributed by atoms with Gasteiger partial charge in [-0.3, -0.25) is 0 Å². The van der Waals surface area contributed by atoms with Gasteiger partial charge in [-0.15, -0.1) is 10.2 Å². The van der Waals surface area contributed by atoms with Crippen LogP contribution in [0.25, 0.3) is 17.5 Å². The molecule has 1 aromatic heterocycles. The molecule has 2 heterocycles. The molecule has 0 radical (unpaired) electrons. The highest BCUT2D eigenvalue weighted by atomic mass is 35.5. The summed E-state index contributed by atoms with van der Waals surface area (Å²) in [7, 11) is 0. The maximum absolute atomic E-state index is 11.9. The third-order valence-corrected chi connectivity index (χ3v) is 5.66. The van der Waals surface area contributed by atoms with Crippen molar-refractivity contribution in [1.29, 1.82) is 0 Å². The Morgan fingerprint density at radius 2 is 1.90 bits per heavy atom. The minimum Gasteiger partial charge on any atom is -0.486 e. The second-order valence-corrected chi connectivity index (χ2v) is 7.82. The van der Waals surface area contributed by atoms with Crippen molar-refractivity contribution < 1.29 is 19.4 Å². The van der Waals surface area contributed by atoms with E-state index in [1.165, 1.54) is 0 Å². The topological polar surface area (TPSA) is 86.5 Å². The van der Waals surface area contributed by atoms with E-state index in [0.29, 0.717) is 52.8 Å². The van der Waals surface area contributed by atoms with Gasteiger partial charge in [0.05, 0.1) is 0 Å². The molecule has 0 saturated carbocycles. The Morgan fingerprint density at radius 1 is 1.17 bits per heavy atom. The number of hydrogen-bond acceptors (Lipinski definition) is 6. The minimum absolute atomic E-state index is 0.122. The molecule has 0 atom stereocenters. The number of aliphatic carboxylic acids is 1. The molecule has 9 heteroatoms. The predicted molar refractivity (Wildman–Crippen MR) is 115 cm³/mol. The number of aromatic nitrogens is 3. The van der Waals surface area contributed by atoms with Gasteiger partial charge in [0.15, 0.2) is 22.5 Å². The Bertz CT molecular complexity index is 1110. The lowest BCUT2D eigenvalue weighted by atomic mass is 10.2. The van der Waals surface area contributed by atoms with E-state index in [1.54, 1.807) is 36.4 Å². The van der Waals surface area contributed by atoms with Gasteiger partial charge in [-0.05, 0) is 66.7 Å². The highest BCUT2D eigenvalue weighted by molar-refractivity contribution is 8.04. The van der Waals surface area contributed by atoms with Crippen LogP contribution >= 0.6 is 23.4 Å². The van der Waals surface area contributed by atoms with E-state index in [1.807, 2.05) is 23.6 Å². The summed E-state index contributed by atoms with van der Waals surface area (Å²) in [6.07, 6.45) is 1.59. The number of halogens is 1. The van der Waals surface area contributed by atoms with Crippen molar-refractivity contribution in [2.45, 2.75) is 18.6 Å². The summed E-state index contributed by atoms with van der Waals surface area (Å²) in [6, 6.07) is 12.6. The normalized spacial score (nSPS) is 13.3. The molecule has 0 unspecified atom stereocenters. The first-order valence-electron chi connectivity index (χ1n) is 9.27. The number of hydrogen-bond donors (Lipinski definition) is 1. The summed E-state index contributed by atoms with van der Waals surface area (Å²) in [6.45, 7) is 3.51. The third-order valence-electron chi connectivity index (χ3n) is 4.41. The molecule has 0 amide bonds. The van der Waals surface area contributed by atoms with E-state index < -0.39 is 5.97 Å². The maximum Gasteiger partial charge on any atom is 0.342 e. The molecule has 154 valence electrons. The minimum atomic E-state index is -1.05. The molecular formula is C21H18ClN3O4S. The molecule has 0 saturated heterocycles. The van der Waals surface area contributed by atoms with Crippen molar-refractivity contribution >= 4 is 35.4 Å². The van der Waals surface area contributed by atoms with Crippen molar-refractivity contribution in [2.75, 3.05) is 13.2 Å². The van der Waals surface area contributed by atoms with Crippen LogP contribution in [0, 0.1) is 0 Å².